The van der Waals surface area contributed by atoms with Crippen LogP contribution in [0.2, 0.25) is 0 Å². The molecule has 0 unspecified atom stereocenters. The number of nitrogens with zero attached hydrogens (tertiary/aromatic N) is 1. The average molecular weight is 373 g/mol. The van der Waals surface area contributed by atoms with Crippen LogP contribution in [0.1, 0.15) is 16.7 Å². The van der Waals surface area contributed by atoms with Gasteiger partial charge in [-0.25, -0.2) is 0 Å². The van der Waals surface area contributed by atoms with E-state index in [1.807, 2.05) is 97.1 Å². The van der Waals surface area contributed by atoms with Gasteiger partial charge in [0.05, 0.1) is 31.3 Å². The molecular weight excluding hydrogens is 350 g/mol. The zero-order chi connectivity index (χ0) is 19.8. The standard InChI is InChI=1S/C24H23NO3/c25-16-19(17-26)23(27)18-28-24(20-10-4-1-5-11-20,21-12-6-2-7-13-21)22-14-8-3-9-15-22/h1-15,19,23,26-27H,17-18H2/t19-,23+/m1/s1. The third-order valence-electron chi connectivity index (χ3n) is 4.84. The molecule has 0 aliphatic carbocycles. The Morgan fingerprint density at radius 1 is 0.786 bits per heavy atom. The maximum Gasteiger partial charge on any atom is 0.143 e. The van der Waals surface area contributed by atoms with Gasteiger partial charge in [-0.15, -0.1) is 0 Å². The summed E-state index contributed by atoms with van der Waals surface area (Å²) < 4.78 is 6.42. The monoisotopic (exact) mass is 373 g/mol. The summed E-state index contributed by atoms with van der Waals surface area (Å²) in [7, 11) is 0. The van der Waals surface area contributed by atoms with Gasteiger partial charge in [-0.2, -0.15) is 5.26 Å². The zero-order valence-electron chi connectivity index (χ0n) is 15.5. The molecule has 0 spiro atoms. The van der Waals surface area contributed by atoms with Crippen LogP contribution in [0.15, 0.2) is 91.0 Å². The quantitative estimate of drug-likeness (QED) is 0.593. The molecule has 0 aromatic heterocycles. The SMILES string of the molecule is N#C[C@H](CO)[C@@H](O)COC(c1ccccc1)(c1ccccc1)c1ccccc1. The van der Waals surface area contributed by atoms with Gasteiger partial charge in [0.25, 0.3) is 0 Å². The molecule has 2 N–H and O–H groups in total. The van der Waals surface area contributed by atoms with E-state index < -0.39 is 24.2 Å². The lowest BCUT2D eigenvalue weighted by Gasteiger charge is -2.37. The summed E-state index contributed by atoms with van der Waals surface area (Å²) in [6.45, 7) is -0.520. The van der Waals surface area contributed by atoms with E-state index >= 15 is 0 Å². The highest BCUT2D eigenvalue weighted by atomic mass is 16.5. The fourth-order valence-corrected chi connectivity index (χ4v) is 3.34. The maximum atomic E-state index is 10.4. The van der Waals surface area contributed by atoms with Crippen LogP contribution in [0.4, 0.5) is 0 Å². The van der Waals surface area contributed by atoms with Gasteiger partial charge < -0.3 is 14.9 Å². The van der Waals surface area contributed by atoms with Crippen LogP contribution in [0.3, 0.4) is 0 Å². The smallest absolute Gasteiger partial charge is 0.143 e. The Bertz CT molecular complexity index is 795. The molecule has 28 heavy (non-hydrogen) atoms. The van der Waals surface area contributed by atoms with Crippen molar-refractivity contribution >= 4 is 0 Å². The highest BCUT2D eigenvalue weighted by molar-refractivity contribution is 5.47. The van der Waals surface area contributed by atoms with Crippen LogP contribution in [0.25, 0.3) is 0 Å². The van der Waals surface area contributed by atoms with Crippen molar-refractivity contribution in [1.29, 1.82) is 5.26 Å². The Hall–Kier alpha value is -2.97. The first-order valence-electron chi connectivity index (χ1n) is 9.21. The molecule has 3 aromatic carbocycles. The summed E-state index contributed by atoms with van der Waals surface area (Å²) in [5, 5.41) is 28.9. The second-order valence-corrected chi connectivity index (χ2v) is 6.58. The molecule has 0 heterocycles. The van der Waals surface area contributed by atoms with Crippen molar-refractivity contribution < 1.29 is 14.9 Å². The normalized spacial score (nSPS) is 13.5. The van der Waals surface area contributed by atoms with Gasteiger partial charge in [-0.3, -0.25) is 0 Å². The van der Waals surface area contributed by atoms with Gasteiger partial charge in [0.2, 0.25) is 0 Å². The van der Waals surface area contributed by atoms with E-state index in [9.17, 15) is 10.2 Å². The van der Waals surface area contributed by atoms with Crippen LogP contribution in [-0.4, -0.2) is 29.5 Å². The third kappa shape index (κ3) is 3.97. The molecule has 0 fully saturated rings. The number of nitriles is 1. The highest BCUT2D eigenvalue weighted by Crippen LogP contribution is 2.40. The molecule has 0 bridgehead atoms. The van der Waals surface area contributed by atoms with Crippen LogP contribution in [0.5, 0.6) is 0 Å². The van der Waals surface area contributed by atoms with Crippen molar-refractivity contribution in [2.24, 2.45) is 5.92 Å². The maximum absolute atomic E-state index is 10.4. The lowest BCUT2D eigenvalue weighted by molar-refractivity contribution is -0.0541. The number of ether oxygens (including phenoxy) is 1. The van der Waals surface area contributed by atoms with Gasteiger partial charge in [-0.05, 0) is 16.7 Å². The summed E-state index contributed by atoms with van der Waals surface area (Å²) in [4.78, 5) is 0. The number of benzene rings is 3. The minimum atomic E-state index is -1.11. The van der Waals surface area contributed by atoms with Crippen LogP contribution >= 0.6 is 0 Å². The van der Waals surface area contributed by atoms with E-state index in [1.165, 1.54) is 0 Å². The Morgan fingerprint density at radius 3 is 1.50 bits per heavy atom. The molecule has 0 aliphatic heterocycles. The Morgan fingerprint density at radius 2 is 1.18 bits per heavy atom. The van der Waals surface area contributed by atoms with E-state index in [1.54, 1.807) is 0 Å². The minimum Gasteiger partial charge on any atom is -0.395 e. The van der Waals surface area contributed by atoms with Crippen molar-refractivity contribution in [3.8, 4) is 6.07 Å². The second-order valence-electron chi connectivity index (χ2n) is 6.58. The summed E-state index contributed by atoms with van der Waals surface area (Å²) in [6, 6.07) is 31.3. The molecule has 4 nitrogen and oxygen atoms in total. The molecule has 0 amide bonds. The van der Waals surface area contributed by atoms with E-state index in [0.29, 0.717) is 0 Å². The van der Waals surface area contributed by atoms with Crippen molar-refractivity contribution in [3.05, 3.63) is 108 Å². The van der Waals surface area contributed by atoms with Gasteiger partial charge in [0.1, 0.15) is 5.60 Å². The van der Waals surface area contributed by atoms with Gasteiger partial charge in [-0.1, -0.05) is 91.0 Å². The zero-order valence-corrected chi connectivity index (χ0v) is 15.5. The average Bonchev–Trinajstić information content (AvgIpc) is 2.77. The minimum absolute atomic E-state index is 0.0997. The highest BCUT2D eigenvalue weighted by Gasteiger charge is 2.38. The number of aliphatic hydroxyl groups excluding tert-OH is 2. The molecule has 2 atom stereocenters. The van der Waals surface area contributed by atoms with Crippen molar-refractivity contribution in [1.82, 2.24) is 0 Å². The molecule has 0 radical (unpaired) electrons. The predicted molar refractivity (Wildman–Crippen MR) is 107 cm³/mol. The molecule has 0 aliphatic rings. The largest absolute Gasteiger partial charge is 0.395 e. The summed E-state index contributed by atoms with van der Waals surface area (Å²) in [6.07, 6.45) is -1.11. The van der Waals surface area contributed by atoms with Crippen molar-refractivity contribution in [2.75, 3.05) is 13.2 Å². The summed E-state index contributed by atoms with van der Waals surface area (Å²) >= 11 is 0. The molecule has 3 aromatic rings. The van der Waals surface area contributed by atoms with E-state index in [2.05, 4.69) is 0 Å². The van der Waals surface area contributed by atoms with Crippen molar-refractivity contribution in [3.63, 3.8) is 0 Å². The summed E-state index contributed by atoms with van der Waals surface area (Å²) in [5.41, 5.74) is 1.78. The Balaban J connectivity index is 2.13. The number of hydrogen-bond acceptors (Lipinski definition) is 4. The number of aliphatic hydroxyl groups is 2. The fourth-order valence-electron chi connectivity index (χ4n) is 3.34. The lowest BCUT2D eigenvalue weighted by Crippen LogP contribution is -2.38. The molecular formula is C24H23NO3. The molecule has 0 saturated carbocycles. The summed E-state index contributed by atoms with van der Waals surface area (Å²) in [5.74, 6) is -0.903. The van der Waals surface area contributed by atoms with Gasteiger partial charge >= 0.3 is 0 Å². The topological polar surface area (TPSA) is 73.5 Å². The lowest BCUT2D eigenvalue weighted by atomic mass is 9.80. The van der Waals surface area contributed by atoms with Crippen LogP contribution < -0.4 is 0 Å². The number of rotatable bonds is 8. The van der Waals surface area contributed by atoms with Gasteiger partial charge in [0, 0.05) is 0 Å². The first-order valence-corrected chi connectivity index (χ1v) is 9.21. The second kappa shape index (κ2) is 9.29. The van der Waals surface area contributed by atoms with Crippen LogP contribution in [-0.2, 0) is 10.3 Å². The molecule has 142 valence electrons. The predicted octanol–water partition coefficient (Wildman–Crippen LogP) is 3.49. The first kappa shape index (κ1) is 19.8. The van der Waals surface area contributed by atoms with Gasteiger partial charge in [0.15, 0.2) is 0 Å². The van der Waals surface area contributed by atoms with Crippen LogP contribution in [0, 0.1) is 17.2 Å². The molecule has 3 rings (SSSR count). The van der Waals surface area contributed by atoms with E-state index in [0.717, 1.165) is 16.7 Å². The Kier molecular flexibility index (Phi) is 6.57. The van der Waals surface area contributed by atoms with E-state index in [-0.39, 0.29) is 6.61 Å². The van der Waals surface area contributed by atoms with Crippen molar-refractivity contribution in [2.45, 2.75) is 11.7 Å². The first-order chi connectivity index (χ1) is 13.7. The fraction of sp³-hybridized carbons (Fsp3) is 0.208. The molecule has 0 saturated heterocycles. The third-order valence-corrected chi connectivity index (χ3v) is 4.84. The van der Waals surface area contributed by atoms with E-state index in [4.69, 9.17) is 10.00 Å². The number of hydrogen-bond donors (Lipinski definition) is 2. The Labute approximate surface area is 165 Å². The molecule has 4 heteroatoms.